The van der Waals surface area contributed by atoms with Gasteiger partial charge in [-0.25, -0.2) is 0 Å². The van der Waals surface area contributed by atoms with E-state index in [0.29, 0.717) is 0 Å². The summed E-state index contributed by atoms with van der Waals surface area (Å²) in [6, 6.07) is 6.44. The number of nitrogens with one attached hydrogen (secondary N) is 1. The fourth-order valence-electron chi connectivity index (χ4n) is 3.78. The van der Waals surface area contributed by atoms with Crippen molar-refractivity contribution in [2.75, 3.05) is 0 Å². The lowest BCUT2D eigenvalue weighted by atomic mass is 9.96. The maximum Gasteiger partial charge on any atom is 0.262 e. The number of hydrogen-bond donors (Lipinski definition) is 1. The molecule has 0 saturated heterocycles. The highest BCUT2D eigenvalue weighted by molar-refractivity contribution is 7.15. The van der Waals surface area contributed by atoms with Crippen LogP contribution >= 0.6 is 11.3 Å². The van der Waals surface area contributed by atoms with Crippen LogP contribution in [0.15, 0.2) is 11.6 Å². The van der Waals surface area contributed by atoms with Gasteiger partial charge < -0.3 is 9.88 Å². The summed E-state index contributed by atoms with van der Waals surface area (Å²) < 4.78 is 2.09. The van der Waals surface area contributed by atoms with Crippen LogP contribution in [-0.4, -0.2) is 16.5 Å². The maximum absolute atomic E-state index is 12.4. The molecule has 3 rings (SSSR count). The second-order valence-electron chi connectivity index (χ2n) is 7.62. The molecule has 1 amide bonds. The minimum atomic E-state index is -0.351. The first kappa shape index (κ1) is 20.9. The summed E-state index contributed by atoms with van der Waals surface area (Å²) in [6.07, 6.45) is 6.76. The molecule has 1 atom stereocenters. The zero-order valence-electron chi connectivity index (χ0n) is 17.4. The molecule has 5 nitrogen and oxygen atoms in total. The molecule has 0 radical (unpaired) electrons. The van der Waals surface area contributed by atoms with E-state index in [0.717, 1.165) is 53.2 Å². The number of aryl methyl sites for hydroxylation is 2. The minimum Gasteiger partial charge on any atom is -0.349 e. The molecule has 0 saturated carbocycles. The van der Waals surface area contributed by atoms with Gasteiger partial charge in [0.2, 0.25) is 0 Å². The minimum absolute atomic E-state index is 0.0160. The molecule has 2 aromatic heterocycles. The Hall–Kier alpha value is -2.83. The van der Waals surface area contributed by atoms with Crippen LogP contribution in [0.2, 0.25) is 0 Å². The standard InChI is InChI=1S/C23H26N4OS/c1-5-14(2)26-22(28)18(12-24)11-17-10-15(3)27(16(17)4)23-20(13-25)19-8-6-7-9-21(19)29-23/h10-11,14H,5-9H2,1-4H3,(H,26,28)/b18-11+/t14-/m1/s1. The zero-order valence-corrected chi connectivity index (χ0v) is 18.2. The molecule has 0 bridgehead atoms. The van der Waals surface area contributed by atoms with Gasteiger partial charge in [-0.1, -0.05) is 6.92 Å². The molecule has 0 spiro atoms. The molecular formula is C23H26N4OS. The lowest BCUT2D eigenvalue weighted by Crippen LogP contribution is -2.32. The van der Waals surface area contributed by atoms with Crippen molar-refractivity contribution in [2.24, 2.45) is 0 Å². The van der Waals surface area contributed by atoms with Gasteiger partial charge in [0.1, 0.15) is 22.7 Å². The summed E-state index contributed by atoms with van der Waals surface area (Å²) in [7, 11) is 0. The van der Waals surface area contributed by atoms with Crippen LogP contribution in [0.4, 0.5) is 0 Å². The molecule has 29 heavy (non-hydrogen) atoms. The number of carbonyl (C=O) groups is 1. The highest BCUT2D eigenvalue weighted by Gasteiger charge is 2.24. The zero-order chi connectivity index (χ0) is 21.1. The molecular weight excluding hydrogens is 380 g/mol. The van der Waals surface area contributed by atoms with Crippen LogP contribution in [0.5, 0.6) is 0 Å². The van der Waals surface area contributed by atoms with Crippen LogP contribution in [0.3, 0.4) is 0 Å². The van der Waals surface area contributed by atoms with Crippen molar-refractivity contribution in [3.05, 3.63) is 44.6 Å². The van der Waals surface area contributed by atoms with E-state index in [1.807, 2.05) is 39.8 Å². The number of hydrogen-bond acceptors (Lipinski definition) is 4. The van der Waals surface area contributed by atoms with E-state index in [9.17, 15) is 15.3 Å². The predicted octanol–water partition coefficient (Wildman–Crippen LogP) is 4.73. The van der Waals surface area contributed by atoms with Crippen molar-refractivity contribution < 1.29 is 4.79 Å². The molecule has 1 aliphatic carbocycles. The van der Waals surface area contributed by atoms with Gasteiger partial charge in [0.25, 0.3) is 5.91 Å². The SMILES string of the molecule is CC[C@@H](C)NC(=O)/C(C#N)=C/c1cc(C)n(-c2sc3c(c2C#N)CCCC3)c1C. The number of nitriles is 2. The molecule has 2 heterocycles. The van der Waals surface area contributed by atoms with Gasteiger partial charge in [-0.15, -0.1) is 11.3 Å². The Morgan fingerprint density at radius 3 is 2.72 bits per heavy atom. The molecule has 2 aromatic rings. The third-order valence-corrected chi connectivity index (χ3v) is 6.87. The summed E-state index contributed by atoms with van der Waals surface area (Å²) >= 11 is 1.70. The second-order valence-corrected chi connectivity index (χ2v) is 8.70. The third-order valence-electron chi connectivity index (χ3n) is 5.59. The molecule has 0 fully saturated rings. The largest absolute Gasteiger partial charge is 0.349 e. The number of nitrogens with zero attached hydrogens (tertiary/aromatic N) is 3. The van der Waals surface area contributed by atoms with Gasteiger partial charge in [-0.2, -0.15) is 10.5 Å². The lowest BCUT2D eigenvalue weighted by molar-refractivity contribution is -0.117. The summed E-state index contributed by atoms with van der Waals surface area (Å²) in [6.45, 7) is 7.87. The summed E-state index contributed by atoms with van der Waals surface area (Å²) in [5.41, 5.74) is 4.82. The van der Waals surface area contributed by atoms with Crippen molar-refractivity contribution in [3.8, 4) is 17.1 Å². The van der Waals surface area contributed by atoms with Crippen molar-refractivity contribution in [1.29, 1.82) is 10.5 Å². The number of rotatable bonds is 5. The van der Waals surface area contributed by atoms with Crippen LogP contribution < -0.4 is 5.32 Å². The van der Waals surface area contributed by atoms with E-state index in [4.69, 9.17) is 0 Å². The fraction of sp³-hybridized carbons (Fsp3) is 0.435. The van der Waals surface area contributed by atoms with E-state index in [1.54, 1.807) is 17.4 Å². The van der Waals surface area contributed by atoms with Crippen LogP contribution in [0.1, 0.15) is 66.1 Å². The van der Waals surface area contributed by atoms with Gasteiger partial charge in [-0.05, 0) is 76.1 Å². The smallest absolute Gasteiger partial charge is 0.262 e. The molecule has 6 heteroatoms. The van der Waals surface area contributed by atoms with Crippen LogP contribution in [-0.2, 0) is 17.6 Å². The van der Waals surface area contributed by atoms with Crippen molar-refractivity contribution in [2.45, 2.75) is 65.8 Å². The Balaban J connectivity index is 2.04. The Morgan fingerprint density at radius 1 is 1.34 bits per heavy atom. The van der Waals surface area contributed by atoms with E-state index in [-0.39, 0.29) is 17.5 Å². The first-order valence-electron chi connectivity index (χ1n) is 10.1. The van der Waals surface area contributed by atoms with Crippen LogP contribution in [0, 0.1) is 36.5 Å². The highest BCUT2D eigenvalue weighted by atomic mass is 32.1. The average Bonchev–Trinajstić information content (AvgIpc) is 3.21. The molecule has 150 valence electrons. The quantitative estimate of drug-likeness (QED) is 0.576. The molecule has 1 aliphatic rings. The fourth-order valence-corrected chi connectivity index (χ4v) is 5.23. The molecule has 0 aliphatic heterocycles. The van der Waals surface area contributed by atoms with Crippen molar-refractivity contribution in [3.63, 3.8) is 0 Å². The van der Waals surface area contributed by atoms with E-state index < -0.39 is 0 Å². The van der Waals surface area contributed by atoms with E-state index in [1.165, 1.54) is 16.9 Å². The topological polar surface area (TPSA) is 81.6 Å². The summed E-state index contributed by atoms with van der Waals surface area (Å²) in [5.74, 6) is -0.351. The monoisotopic (exact) mass is 406 g/mol. The summed E-state index contributed by atoms with van der Waals surface area (Å²) in [5, 5.41) is 23.1. The highest BCUT2D eigenvalue weighted by Crippen LogP contribution is 2.38. The van der Waals surface area contributed by atoms with E-state index >= 15 is 0 Å². The Kier molecular flexibility index (Phi) is 6.25. The third kappa shape index (κ3) is 3.99. The van der Waals surface area contributed by atoms with Crippen molar-refractivity contribution >= 4 is 23.3 Å². The number of fused-ring (bicyclic) bond motifs is 1. The van der Waals surface area contributed by atoms with Gasteiger partial charge >= 0.3 is 0 Å². The molecule has 0 unspecified atom stereocenters. The maximum atomic E-state index is 12.4. The Morgan fingerprint density at radius 2 is 2.07 bits per heavy atom. The number of aromatic nitrogens is 1. The number of thiophene rings is 1. The first-order valence-corrected chi connectivity index (χ1v) is 10.9. The molecule has 1 N–H and O–H groups in total. The summed E-state index contributed by atoms with van der Waals surface area (Å²) in [4.78, 5) is 13.7. The van der Waals surface area contributed by atoms with Gasteiger partial charge in [0, 0.05) is 22.3 Å². The Labute approximate surface area is 176 Å². The van der Waals surface area contributed by atoms with Gasteiger partial charge in [0.05, 0.1) is 5.56 Å². The Bertz CT molecular complexity index is 1060. The second kappa shape index (κ2) is 8.68. The average molecular weight is 407 g/mol. The van der Waals surface area contributed by atoms with Crippen molar-refractivity contribution in [1.82, 2.24) is 9.88 Å². The molecule has 0 aromatic carbocycles. The number of amides is 1. The van der Waals surface area contributed by atoms with Gasteiger partial charge in [-0.3, -0.25) is 4.79 Å². The van der Waals surface area contributed by atoms with Gasteiger partial charge in [0.15, 0.2) is 0 Å². The lowest BCUT2D eigenvalue weighted by Gasteiger charge is -2.10. The first-order chi connectivity index (χ1) is 13.9. The van der Waals surface area contributed by atoms with Crippen LogP contribution in [0.25, 0.3) is 11.1 Å². The predicted molar refractivity (Wildman–Crippen MR) is 116 cm³/mol. The normalized spacial score (nSPS) is 14.6. The van der Waals surface area contributed by atoms with E-state index in [2.05, 4.69) is 16.0 Å². The number of carbonyl (C=O) groups excluding carboxylic acids is 1.